The molecule has 0 heterocycles. The first-order valence-electron chi connectivity index (χ1n) is 5.86. The Morgan fingerprint density at radius 3 is 2.12 bits per heavy atom. The van der Waals surface area contributed by atoms with Crippen molar-refractivity contribution in [3.8, 4) is 0 Å². The number of nitrogens with one attached hydrogen (secondary N) is 2. The fourth-order valence-electron chi connectivity index (χ4n) is 1.55. The van der Waals surface area contributed by atoms with Gasteiger partial charge in [0.15, 0.2) is 0 Å². The maximum absolute atomic E-state index is 11.9. The molecule has 0 aliphatic carbocycles. The molecule has 1 atom stereocenters. The molecule has 0 saturated heterocycles. The summed E-state index contributed by atoms with van der Waals surface area (Å²) in [5, 5.41) is 5.99. The predicted octanol–water partition coefficient (Wildman–Crippen LogP) is 0.687. The quantitative estimate of drug-likeness (QED) is 0.704. The molecule has 0 aliphatic heterocycles. The lowest BCUT2D eigenvalue weighted by atomic mass is 10.0. The average Bonchev–Trinajstić information content (AvgIpc) is 2.16. The lowest BCUT2D eigenvalue weighted by Gasteiger charge is -2.30. The van der Waals surface area contributed by atoms with Crippen LogP contribution in [0.5, 0.6) is 0 Å². The Morgan fingerprint density at radius 2 is 1.81 bits per heavy atom. The van der Waals surface area contributed by atoms with Crippen LogP contribution in [0.2, 0.25) is 0 Å². The fourth-order valence-corrected chi connectivity index (χ4v) is 1.55. The Bertz CT molecular complexity index is 216. The van der Waals surface area contributed by atoms with Crippen LogP contribution in [0.15, 0.2) is 0 Å². The number of carbonyl (C=O) groups excluding carboxylic acids is 1. The molecule has 0 rings (SSSR count). The van der Waals surface area contributed by atoms with Gasteiger partial charge in [0.2, 0.25) is 5.91 Å². The molecule has 0 saturated carbocycles. The molecule has 0 aromatic heterocycles. The Hall–Kier alpha value is -0.610. The summed E-state index contributed by atoms with van der Waals surface area (Å²) in [6.45, 7) is 8.78. The van der Waals surface area contributed by atoms with Crippen molar-refractivity contribution in [3.05, 3.63) is 0 Å². The van der Waals surface area contributed by atoms with E-state index < -0.39 is 5.54 Å². The Balaban J connectivity index is 4.27. The van der Waals surface area contributed by atoms with Gasteiger partial charge in [0.1, 0.15) is 0 Å². The molecule has 0 spiro atoms. The van der Waals surface area contributed by atoms with Crippen molar-refractivity contribution < 1.29 is 4.79 Å². The van der Waals surface area contributed by atoms with Crippen molar-refractivity contribution in [2.24, 2.45) is 5.92 Å². The van der Waals surface area contributed by atoms with Crippen LogP contribution in [0.3, 0.4) is 0 Å². The third-order valence-corrected chi connectivity index (χ3v) is 3.10. The SMILES string of the molecule is CNC(C)(C)C(=O)NCC(C(C)C)N(C)C. The molecular formula is C12H27N3O. The van der Waals surface area contributed by atoms with E-state index in [9.17, 15) is 4.79 Å². The maximum atomic E-state index is 11.9. The Labute approximate surface area is 99.8 Å². The van der Waals surface area contributed by atoms with Crippen molar-refractivity contribution in [1.29, 1.82) is 0 Å². The van der Waals surface area contributed by atoms with Crippen LogP contribution in [0, 0.1) is 5.92 Å². The van der Waals surface area contributed by atoms with Gasteiger partial charge in [-0.1, -0.05) is 13.8 Å². The van der Waals surface area contributed by atoms with Crippen LogP contribution in [-0.4, -0.2) is 50.1 Å². The van der Waals surface area contributed by atoms with E-state index in [2.05, 4.69) is 29.4 Å². The standard InChI is InChI=1S/C12H27N3O/c1-9(2)10(15(6)7)8-14-11(16)12(3,4)13-5/h9-10,13H,8H2,1-7H3,(H,14,16). The fraction of sp³-hybridized carbons (Fsp3) is 0.917. The minimum Gasteiger partial charge on any atom is -0.353 e. The lowest BCUT2D eigenvalue weighted by Crippen LogP contribution is -2.54. The van der Waals surface area contributed by atoms with Crippen molar-refractivity contribution in [2.45, 2.75) is 39.3 Å². The van der Waals surface area contributed by atoms with E-state index in [1.807, 2.05) is 27.9 Å². The molecule has 0 bridgehead atoms. The zero-order valence-corrected chi connectivity index (χ0v) is 11.7. The summed E-state index contributed by atoms with van der Waals surface area (Å²) in [5.74, 6) is 0.565. The lowest BCUT2D eigenvalue weighted by molar-refractivity contribution is -0.126. The van der Waals surface area contributed by atoms with E-state index in [4.69, 9.17) is 0 Å². The predicted molar refractivity (Wildman–Crippen MR) is 68.5 cm³/mol. The van der Waals surface area contributed by atoms with Gasteiger partial charge in [-0.05, 0) is 40.9 Å². The highest BCUT2D eigenvalue weighted by Gasteiger charge is 2.26. The molecule has 0 aromatic rings. The second kappa shape index (κ2) is 6.21. The van der Waals surface area contributed by atoms with Gasteiger partial charge in [-0.2, -0.15) is 0 Å². The summed E-state index contributed by atoms with van der Waals surface area (Å²) in [6.07, 6.45) is 0. The topological polar surface area (TPSA) is 44.4 Å². The summed E-state index contributed by atoms with van der Waals surface area (Å²) in [5.41, 5.74) is -0.506. The van der Waals surface area contributed by atoms with Gasteiger partial charge < -0.3 is 15.5 Å². The van der Waals surface area contributed by atoms with Gasteiger partial charge in [0.05, 0.1) is 5.54 Å². The number of likely N-dealkylation sites (N-methyl/N-ethyl adjacent to an activating group) is 2. The van der Waals surface area contributed by atoms with Crippen LogP contribution < -0.4 is 10.6 Å². The van der Waals surface area contributed by atoms with Gasteiger partial charge in [-0.3, -0.25) is 4.79 Å². The minimum atomic E-state index is -0.506. The molecule has 0 aromatic carbocycles. The molecule has 0 aliphatic rings. The van der Waals surface area contributed by atoms with E-state index in [0.29, 0.717) is 18.5 Å². The number of hydrogen-bond acceptors (Lipinski definition) is 3. The van der Waals surface area contributed by atoms with Gasteiger partial charge >= 0.3 is 0 Å². The monoisotopic (exact) mass is 229 g/mol. The third-order valence-electron chi connectivity index (χ3n) is 3.10. The molecule has 16 heavy (non-hydrogen) atoms. The molecule has 4 heteroatoms. The van der Waals surface area contributed by atoms with Crippen LogP contribution in [0.1, 0.15) is 27.7 Å². The summed E-state index contributed by atoms with van der Waals surface area (Å²) < 4.78 is 0. The third kappa shape index (κ3) is 4.49. The molecule has 4 nitrogen and oxygen atoms in total. The van der Waals surface area contributed by atoms with E-state index in [1.54, 1.807) is 7.05 Å². The van der Waals surface area contributed by atoms with Crippen molar-refractivity contribution in [3.63, 3.8) is 0 Å². The first kappa shape index (κ1) is 15.4. The molecule has 1 unspecified atom stereocenters. The number of amides is 1. The number of hydrogen-bond donors (Lipinski definition) is 2. The van der Waals surface area contributed by atoms with Crippen molar-refractivity contribution in [1.82, 2.24) is 15.5 Å². The van der Waals surface area contributed by atoms with Crippen LogP contribution in [-0.2, 0) is 4.79 Å². The molecule has 2 N–H and O–H groups in total. The van der Waals surface area contributed by atoms with Crippen LogP contribution in [0.25, 0.3) is 0 Å². The first-order valence-corrected chi connectivity index (χ1v) is 5.86. The van der Waals surface area contributed by atoms with Crippen molar-refractivity contribution >= 4 is 5.91 Å². The number of rotatable bonds is 6. The molecular weight excluding hydrogens is 202 g/mol. The van der Waals surface area contributed by atoms with Gasteiger partial charge in [-0.15, -0.1) is 0 Å². The maximum Gasteiger partial charge on any atom is 0.239 e. The highest BCUT2D eigenvalue weighted by atomic mass is 16.2. The smallest absolute Gasteiger partial charge is 0.239 e. The summed E-state index contributed by atoms with van der Waals surface area (Å²) in [6, 6.07) is 0.372. The Morgan fingerprint density at radius 1 is 1.31 bits per heavy atom. The van der Waals surface area contributed by atoms with E-state index >= 15 is 0 Å². The largest absolute Gasteiger partial charge is 0.353 e. The van der Waals surface area contributed by atoms with Crippen LogP contribution >= 0.6 is 0 Å². The van der Waals surface area contributed by atoms with Gasteiger partial charge in [-0.25, -0.2) is 0 Å². The summed E-state index contributed by atoms with van der Waals surface area (Å²) in [4.78, 5) is 14.0. The average molecular weight is 229 g/mol. The molecule has 0 radical (unpaired) electrons. The van der Waals surface area contributed by atoms with E-state index in [0.717, 1.165) is 0 Å². The zero-order valence-electron chi connectivity index (χ0n) is 11.7. The Kier molecular flexibility index (Phi) is 5.97. The second-order valence-electron chi connectivity index (χ2n) is 5.36. The summed E-state index contributed by atoms with van der Waals surface area (Å²) >= 11 is 0. The highest BCUT2D eigenvalue weighted by Crippen LogP contribution is 2.07. The normalized spacial score (nSPS) is 14.3. The molecule has 0 fully saturated rings. The highest BCUT2D eigenvalue weighted by molar-refractivity contribution is 5.85. The zero-order chi connectivity index (χ0) is 12.9. The van der Waals surface area contributed by atoms with E-state index in [1.165, 1.54) is 0 Å². The summed E-state index contributed by atoms with van der Waals surface area (Å²) in [7, 11) is 5.88. The number of nitrogens with zero attached hydrogens (tertiary/aromatic N) is 1. The second-order valence-corrected chi connectivity index (χ2v) is 5.36. The van der Waals surface area contributed by atoms with Gasteiger partial charge in [0.25, 0.3) is 0 Å². The van der Waals surface area contributed by atoms with Gasteiger partial charge in [0, 0.05) is 12.6 Å². The molecule has 96 valence electrons. The number of carbonyl (C=O) groups is 1. The minimum absolute atomic E-state index is 0.0440. The van der Waals surface area contributed by atoms with Crippen molar-refractivity contribution in [2.75, 3.05) is 27.7 Å². The van der Waals surface area contributed by atoms with Crippen LogP contribution in [0.4, 0.5) is 0 Å². The molecule has 1 amide bonds. The first-order chi connectivity index (χ1) is 7.22. The van der Waals surface area contributed by atoms with E-state index in [-0.39, 0.29) is 5.91 Å².